The van der Waals surface area contributed by atoms with Gasteiger partial charge in [0.15, 0.2) is 0 Å². The molecule has 4 rings (SSSR count). The molecule has 1 unspecified atom stereocenters. The number of nitrogens with one attached hydrogen (secondary N) is 1. The van der Waals surface area contributed by atoms with Crippen molar-refractivity contribution in [3.63, 3.8) is 0 Å². The fourth-order valence-corrected chi connectivity index (χ4v) is 3.70. The maximum Gasteiger partial charge on any atom is 0.226 e. The Labute approximate surface area is 175 Å². The van der Waals surface area contributed by atoms with Gasteiger partial charge in [-0.25, -0.2) is 4.98 Å². The topological polar surface area (TPSA) is 74.6 Å². The predicted octanol–water partition coefficient (Wildman–Crippen LogP) is 4.15. The van der Waals surface area contributed by atoms with Crippen LogP contribution in [0.4, 0.5) is 5.82 Å². The summed E-state index contributed by atoms with van der Waals surface area (Å²) in [6, 6.07) is 13.4. The maximum absolute atomic E-state index is 12.5. The third kappa shape index (κ3) is 3.70. The SMILES string of the molecule is COc1ccc(OC)c(-n2cnc3c2NC(=O)CC3c2ccc(OC(C)C)cc2)c1. The van der Waals surface area contributed by atoms with Crippen molar-refractivity contribution >= 4 is 11.7 Å². The minimum absolute atomic E-state index is 0.0568. The molecule has 1 amide bonds. The molecule has 0 fully saturated rings. The number of anilines is 1. The Morgan fingerprint density at radius 3 is 2.47 bits per heavy atom. The van der Waals surface area contributed by atoms with Gasteiger partial charge >= 0.3 is 0 Å². The van der Waals surface area contributed by atoms with Crippen LogP contribution in [-0.2, 0) is 4.79 Å². The number of hydrogen-bond acceptors (Lipinski definition) is 5. The number of benzene rings is 2. The lowest BCUT2D eigenvalue weighted by molar-refractivity contribution is -0.116. The van der Waals surface area contributed by atoms with E-state index in [9.17, 15) is 4.79 Å². The summed E-state index contributed by atoms with van der Waals surface area (Å²) in [6.45, 7) is 3.98. The molecule has 1 aliphatic heterocycles. The fourth-order valence-electron chi connectivity index (χ4n) is 3.70. The summed E-state index contributed by atoms with van der Waals surface area (Å²) >= 11 is 0. The number of carbonyl (C=O) groups excluding carboxylic acids is 1. The van der Waals surface area contributed by atoms with E-state index in [1.807, 2.05) is 60.9 Å². The van der Waals surface area contributed by atoms with E-state index in [0.717, 1.165) is 22.7 Å². The second kappa shape index (κ2) is 8.10. The number of aromatic nitrogens is 2. The highest BCUT2D eigenvalue weighted by Crippen LogP contribution is 2.39. The van der Waals surface area contributed by atoms with Crippen molar-refractivity contribution in [1.29, 1.82) is 0 Å². The highest BCUT2D eigenvalue weighted by atomic mass is 16.5. The van der Waals surface area contributed by atoms with Crippen molar-refractivity contribution in [2.45, 2.75) is 32.3 Å². The standard InChI is InChI=1S/C23H25N3O4/c1-14(2)30-16-7-5-15(6-8-16)18-12-21(27)25-23-22(18)24-13-26(23)19-11-17(28-3)9-10-20(19)29-4/h5-11,13-14,18H,12H2,1-4H3,(H,25,27). The molecule has 1 aliphatic rings. The Balaban J connectivity index is 1.74. The highest BCUT2D eigenvalue weighted by Gasteiger charge is 2.31. The maximum atomic E-state index is 12.5. The van der Waals surface area contributed by atoms with Crippen molar-refractivity contribution in [3.8, 4) is 22.9 Å². The van der Waals surface area contributed by atoms with Crippen LogP contribution < -0.4 is 19.5 Å². The number of methoxy groups -OCH3 is 2. The molecular formula is C23H25N3O4. The van der Waals surface area contributed by atoms with Crippen LogP contribution in [0.3, 0.4) is 0 Å². The van der Waals surface area contributed by atoms with Crippen LogP contribution in [0.25, 0.3) is 5.69 Å². The fraction of sp³-hybridized carbons (Fsp3) is 0.304. The van der Waals surface area contributed by atoms with Gasteiger partial charge in [-0.2, -0.15) is 0 Å². The van der Waals surface area contributed by atoms with Crippen LogP contribution in [0.5, 0.6) is 17.2 Å². The molecule has 0 saturated heterocycles. The molecule has 7 nitrogen and oxygen atoms in total. The van der Waals surface area contributed by atoms with E-state index in [4.69, 9.17) is 14.2 Å². The van der Waals surface area contributed by atoms with Crippen LogP contribution in [-0.4, -0.2) is 35.8 Å². The first kappa shape index (κ1) is 19.8. The average molecular weight is 407 g/mol. The quantitative estimate of drug-likeness (QED) is 0.664. The third-order valence-corrected chi connectivity index (χ3v) is 5.07. The van der Waals surface area contributed by atoms with Gasteiger partial charge in [-0.3, -0.25) is 9.36 Å². The molecule has 1 aromatic heterocycles. The lowest BCUT2D eigenvalue weighted by Gasteiger charge is -2.24. The van der Waals surface area contributed by atoms with Crippen molar-refractivity contribution in [1.82, 2.24) is 9.55 Å². The zero-order valence-electron chi connectivity index (χ0n) is 17.5. The third-order valence-electron chi connectivity index (χ3n) is 5.07. The molecule has 2 aromatic carbocycles. The summed E-state index contributed by atoms with van der Waals surface area (Å²) in [6.07, 6.45) is 2.15. The van der Waals surface area contributed by atoms with Crippen LogP contribution in [0.1, 0.15) is 37.4 Å². The molecule has 1 atom stereocenters. The summed E-state index contributed by atoms with van der Waals surface area (Å²) in [5, 5.41) is 2.97. The molecule has 156 valence electrons. The van der Waals surface area contributed by atoms with E-state index < -0.39 is 0 Å². The molecule has 3 aromatic rings. The normalized spacial score (nSPS) is 15.5. The smallest absolute Gasteiger partial charge is 0.226 e. The van der Waals surface area contributed by atoms with E-state index in [2.05, 4.69) is 10.3 Å². The van der Waals surface area contributed by atoms with Gasteiger partial charge < -0.3 is 19.5 Å². The molecule has 0 bridgehead atoms. The minimum atomic E-state index is -0.139. The molecule has 2 heterocycles. The largest absolute Gasteiger partial charge is 0.497 e. The van der Waals surface area contributed by atoms with E-state index in [1.54, 1.807) is 20.5 Å². The number of hydrogen-bond donors (Lipinski definition) is 1. The first-order valence-electron chi connectivity index (χ1n) is 9.86. The first-order chi connectivity index (χ1) is 14.5. The number of imidazole rings is 1. The number of ether oxygens (including phenoxy) is 3. The zero-order valence-corrected chi connectivity index (χ0v) is 17.5. The van der Waals surface area contributed by atoms with Gasteiger partial charge in [-0.1, -0.05) is 12.1 Å². The summed E-state index contributed by atoms with van der Waals surface area (Å²) < 4.78 is 18.4. The molecule has 30 heavy (non-hydrogen) atoms. The Hall–Kier alpha value is -3.48. The van der Waals surface area contributed by atoms with Crippen molar-refractivity contribution in [3.05, 3.63) is 60.0 Å². The van der Waals surface area contributed by atoms with E-state index in [1.165, 1.54) is 0 Å². The van der Waals surface area contributed by atoms with Gasteiger partial charge in [0, 0.05) is 18.4 Å². The minimum Gasteiger partial charge on any atom is -0.497 e. The molecule has 1 N–H and O–H groups in total. The molecule has 7 heteroatoms. The molecule has 0 aliphatic carbocycles. The van der Waals surface area contributed by atoms with Gasteiger partial charge in [-0.15, -0.1) is 0 Å². The van der Waals surface area contributed by atoms with Crippen molar-refractivity contribution < 1.29 is 19.0 Å². The zero-order chi connectivity index (χ0) is 21.3. The molecular weight excluding hydrogens is 382 g/mol. The van der Waals surface area contributed by atoms with Crippen LogP contribution in [0.2, 0.25) is 0 Å². The number of carbonyl (C=O) groups is 1. The van der Waals surface area contributed by atoms with Crippen LogP contribution in [0.15, 0.2) is 48.8 Å². The number of amides is 1. The van der Waals surface area contributed by atoms with Crippen molar-refractivity contribution in [2.24, 2.45) is 0 Å². The highest BCUT2D eigenvalue weighted by molar-refractivity contribution is 5.94. The van der Waals surface area contributed by atoms with Gasteiger partial charge in [0.1, 0.15) is 29.4 Å². The Morgan fingerprint density at radius 2 is 1.80 bits per heavy atom. The average Bonchev–Trinajstić information content (AvgIpc) is 3.16. The van der Waals surface area contributed by atoms with E-state index in [0.29, 0.717) is 23.7 Å². The predicted molar refractivity (Wildman–Crippen MR) is 114 cm³/mol. The van der Waals surface area contributed by atoms with E-state index >= 15 is 0 Å². The van der Waals surface area contributed by atoms with Crippen LogP contribution in [0, 0.1) is 0 Å². The van der Waals surface area contributed by atoms with Crippen LogP contribution >= 0.6 is 0 Å². The Bertz CT molecular complexity index is 1060. The Kier molecular flexibility index (Phi) is 5.35. The van der Waals surface area contributed by atoms with Gasteiger partial charge in [0.2, 0.25) is 5.91 Å². The summed E-state index contributed by atoms with van der Waals surface area (Å²) in [7, 11) is 3.22. The van der Waals surface area contributed by atoms with Gasteiger partial charge in [0.05, 0.1) is 31.7 Å². The molecule has 0 spiro atoms. The number of rotatable bonds is 6. The van der Waals surface area contributed by atoms with Gasteiger partial charge in [-0.05, 0) is 43.7 Å². The monoisotopic (exact) mass is 407 g/mol. The lowest BCUT2D eigenvalue weighted by Crippen LogP contribution is -2.25. The Morgan fingerprint density at radius 1 is 1.07 bits per heavy atom. The molecule has 0 saturated carbocycles. The second-order valence-electron chi connectivity index (χ2n) is 7.43. The van der Waals surface area contributed by atoms with Crippen molar-refractivity contribution in [2.75, 3.05) is 19.5 Å². The number of fused-ring (bicyclic) bond motifs is 1. The van der Waals surface area contributed by atoms with E-state index in [-0.39, 0.29) is 17.9 Å². The van der Waals surface area contributed by atoms with Gasteiger partial charge in [0.25, 0.3) is 0 Å². The second-order valence-corrected chi connectivity index (χ2v) is 7.43. The lowest BCUT2D eigenvalue weighted by atomic mass is 9.90. The summed E-state index contributed by atoms with van der Waals surface area (Å²) in [5.74, 6) is 2.60. The molecule has 0 radical (unpaired) electrons. The summed E-state index contributed by atoms with van der Waals surface area (Å²) in [5.41, 5.74) is 2.58. The summed E-state index contributed by atoms with van der Waals surface area (Å²) in [4.78, 5) is 17.2. The first-order valence-corrected chi connectivity index (χ1v) is 9.86. The number of nitrogens with zero attached hydrogens (tertiary/aromatic N) is 2.